The topological polar surface area (TPSA) is 125 Å². The van der Waals surface area contributed by atoms with Crippen molar-refractivity contribution < 1.29 is 33.7 Å². The third kappa shape index (κ3) is 11.9. The van der Waals surface area contributed by atoms with Gasteiger partial charge in [-0.25, -0.2) is 4.79 Å². The summed E-state index contributed by atoms with van der Waals surface area (Å²) in [7, 11) is 1.38. The molecule has 0 bridgehead atoms. The van der Waals surface area contributed by atoms with Crippen LogP contribution in [0.4, 0.5) is 4.79 Å². The minimum absolute atomic E-state index is 0.142. The molecule has 0 radical (unpaired) electrons. The van der Waals surface area contributed by atoms with Gasteiger partial charge in [-0.2, -0.15) is 0 Å². The van der Waals surface area contributed by atoms with Gasteiger partial charge in [0.1, 0.15) is 12.2 Å². The van der Waals surface area contributed by atoms with Crippen LogP contribution in [-0.2, 0) is 23.8 Å². The molecule has 0 fully saturated rings. The molecule has 1 rings (SSSR count). The van der Waals surface area contributed by atoms with Gasteiger partial charge in [-0.05, 0) is 44.8 Å². The number of esters is 2. The lowest BCUT2D eigenvalue weighted by atomic mass is 9.84. The second kappa shape index (κ2) is 17.4. The molecule has 212 valence electrons. The van der Waals surface area contributed by atoms with Crippen LogP contribution in [0.25, 0.3) is 0 Å². The van der Waals surface area contributed by atoms with E-state index in [-0.39, 0.29) is 30.2 Å². The molecule has 1 aliphatic rings. The molecule has 0 aromatic rings. The summed E-state index contributed by atoms with van der Waals surface area (Å²) in [5.41, 5.74) is 7.10. The predicted octanol–water partition coefficient (Wildman–Crippen LogP) is 5.33. The summed E-state index contributed by atoms with van der Waals surface area (Å²) in [5.74, 6) is -1.28. The van der Waals surface area contributed by atoms with Crippen LogP contribution in [0, 0.1) is 17.8 Å². The van der Waals surface area contributed by atoms with Crippen LogP contribution in [0.2, 0.25) is 0 Å². The molecule has 0 aromatic carbocycles. The van der Waals surface area contributed by atoms with Crippen molar-refractivity contribution in [3.05, 3.63) is 59.8 Å². The molecule has 4 unspecified atom stereocenters. The maximum Gasteiger partial charge on any atom is 0.405 e. The van der Waals surface area contributed by atoms with Crippen molar-refractivity contribution in [2.45, 2.75) is 85.0 Å². The van der Waals surface area contributed by atoms with E-state index in [1.54, 1.807) is 18.2 Å². The summed E-state index contributed by atoms with van der Waals surface area (Å²) >= 11 is 0. The number of allylic oxidation sites excluding steroid dienone is 6. The SMILES string of the molecule is COC(=O)CCC/C=C/C=C(\C)C1OC(=O)CC/C=C(\C)C(C)[C@H](O)C(C)C(OC(N)=O)/C=C\C=C/[C@@H]1C. The highest BCUT2D eigenvalue weighted by Crippen LogP contribution is 2.26. The molecule has 0 saturated carbocycles. The lowest BCUT2D eigenvalue weighted by molar-refractivity contribution is -0.148. The van der Waals surface area contributed by atoms with Crippen LogP contribution in [0.3, 0.4) is 0 Å². The first-order valence-corrected chi connectivity index (χ1v) is 13.2. The largest absolute Gasteiger partial charge is 0.469 e. The summed E-state index contributed by atoms with van der Waals surface area (Å²) in [6, 6.07) is 0. The van der Waals surface area contributed by atoms with E-state index in [1.807, 2.05) is 65.0 Å². The van der Waals surface area contributed by atoms with Gasteiger partial charge >= 0.3 is 18.0 Å². The number of carbonyl (C=O) groups excluding carboxylic acids is 3. The average molecular weight is 532 g/mol. The summed E-state index contributed by atoms with van der Waals surface area (Å²) in [6.07, 6.45) is 14.5. The summed E-state index contributed by atoms with van der Waals surface area (Å²) in [6.45, 7) is 9.49. The fourth-order valence-electron chi connectivity index (χ4n) is 4.19. The first kappa shape index (κ1) is 32.9. The molecule has 0 aromatic heterocycles. The number of aliphatic hydroxyl groups is 1. The average Bonchev–Trinajstić information content (AvgIpc) is 2.88. The number of unbranched alkanes of at least 4 members (excludes halogenated alkanes) is 1. The van der Waals surface area contributed by atoms with E-state index in [1.165, 1.54) is 7.11 Å². The lowest BCUT2D eigenvalue weighted by Crippen LogP contribution is -2.37. The van der Waals surface area contributed by atoms with Crippen LogP contribution in [-0.4, -0.2) is 48.6 Å². The number of hydrogen-bond acceptors (Lipinski definition) is 7. The van der Waals surface area contributed by atoms with Crippen molar-refractivity contribution in [2.24, 2.45) is 23.5 Å². The van der Waals surface area contributed by atoms with Crippen molar-refractivity contribution in [3.63, 3.8) is 0 Å². The first-order chi connectivity index (χ1) is 18.0. The second-order valence-corrected chi connectivity index (χ2v) is 9.87. The van der Waals surface area contributed by atoms with Gasteiger partial charge in [0.25, 0.3) is 0 Å². The van der Waals surface area contributed by atoms with Gasteiger partial charge < -0.3 is 25.1 Å². The van der Waals surface area contributed by atoms with Gasteiger partial charge in [-0.15, -0.1) is 0 Å². The minimum Gasteiger partial charge on any atom is -0.469 e. The standard InChI is InChI=1S/C30H45NO7/c1-20-16-13-19-27(33)38-29(21(2)14-9-7-8-10-18-26(32)36-6)22(3)15-11-12-17-25(37-30(31)35)24(5)28(34)23(20)4/h7,9,11-12,14-17,22-25,28-29,34H,8,10,13,18-19H2,1-6H3,(H2,31,35)/b9-7+,15-11-,17-12-,20-16+,21-14+/t22-,23?,24?,25?,28-,29?/m0/s1. The maximum atomic E-state index is 12.7. The molecular weight excluding hydrogens is 486 g/mol. The van der Waals surface area contributed by atoms with Gasteiger partial charge in [0.2, 0.25) is 0 Å². The summed E-state index contributed by atoms with van der Waals surface area (Å²) in [4.78, 5) is 35.4. The van der Waals surface area contributed by atoms with Crippen LogP contribution in [0.15, 0.2) is 59.8 Å². The van der Waals surface area contributed by atoms with Crippen LogP contribution in [0.1, 0.15) is 66.7 Å². The third-order valence-electron chi connectivity index (χ3n) is 6.84. The van der Waals surface area contributed by atoms with Crippen molar-refractivity contribution in [2.75, 3.05) is 7.11 Å². The van der Waals surface area contributed by atoms with E-state index in [9.17, 15) is 19.5 Å². The monoisotopic (exact) mass is 531 g/mol. The number of rotatable bonds is 7. The summed E-state index contributed by atoms with van der Waals surface area (Å²) < 4.78 is 15.8. The molecule has 6 atom stereocenters. The number of primary amides is 1. The Morgan fingerprint density at radius 1 is 1.21 bits per heavy atom. The van der Waals surface area contributed by atoms with E-state index in [0.717, 1.165) is 17.6 Å². The van der Waals surface area contributed by atoms with Crippen molar-refractivity contribution >= 4 is 18.0 Å². The Kier molecular flexibility index (Phi) is 15.1. The van der Waals surface area contributed by atoms with Crippen LogP contribution in [0.5, 0.6) is 0 Å². The van der Waals surface area contributed by atoms with E-state index >= 15 is 0 Å². The predicted molar refractivity (Wildman–Crippen MR) is 148 cm³/mol. The molecule has 3 N–H and O–H groups in total. The van der Waals surface area contributed by atoms with Gasteiger partial charge in [0.05, 0.1) is 13.2 Å². The van der Waals surface area contributed by atoms with Crippen molar-refractivity contribution in [1.82, 2.24) is 0 Å². The fourth-order valence-corrected chi connectivity index (χ4v) is 4.19. The van der Waals surface area contributed by atoms with Gasteiger partial charge in [-0.1, -0.05) is 68.9 Å². The number of ether oxygens (including phenoxy) is 3. The molecule has 1 heterocycles. The number of nitrogens with two attached hydrogens (primary N) is 1. The van der Waals surface area contributed by atoms with E-state index in [4.69, 9.17) is 15.2 Å². The zero-order valence-electron chi connectivity index (χ0n) is 23.6. The number of amides is 1. The molecule has 0 spiro atoms. The molecule has 0 saturated heterocycles. The zero-order valence-corrected chi connectivity index (χ0v) is 23.6. The Hall–Kier alpha value is -3.13. The van der Waals surface area contributed by atoms with E-state index in [2.05, 4.69) is 4.74 Å². The normalized spacial score (nSPS) is 31.1. The Bertz CT molecular complexity index is 931. The number of carbonyl (C=O) groups is 3. The number of cyclic esters (lactones) is 1. The number of methoxy groups -OCH3 is 1. The fraction of sp³-hybridized carbons (Fsp3) is 0.567. The molecule has 1 aliphatic heterocycles. The molecule has 8 heteroatoms. The molecule has 38 heavy (non-hydrogen) atoms. The number of hydrogen-bond donors (Lipinski definition) is 2. The van der Waals surface area contributed by atoms with Gasteiger partial charge in [-0.3, -0.25) is 9.59 Å². The third-order valence-corrected chi connectivity index (χ3v) is 6.84. The minimum atomic E-state index is -0.906. The summed E-state index contributed by atoms with van der Waals surface area (Å²) in [5, 5.41) is 10.9. The first-order valence-electron chi connectivity index (χ1n) is 13.2. The second-order valence-electron chi connectivity index (χ2n) is 9.87. The zero-order chi connectivity index (χ0) is 28.7. The highest BCUT2D eigenvalue weighted by Gasteiger charge is 2.30. The van der Waals surface area contributed by atoms with E-state index < -0.39 is 30.3 Å². The highest BCUT2D eigenvalue weighted by molar-refractivity contribution is 5.70. The van der Waals surface area contributed by atoms with Crippen LogP contribution < -0.4 is 5.73 Å². The molecular formula is C30H45NO7. The Morgan fingerprint density at radius 3 is 2.55 bits per heavy atom. The lowest BCUT2D eigenvalue weighted by Gasteiger charge is -2.30. The van der Waals surface area contributed by atoms with Gasteiger partial charge in [0, 0.05) is 30.6 Å². The Balaban J connectivity index is 3.16. The smallest absolute Gasteiger partial charge is 0.405 e. The Labute approximate surface area is 227 Å². The van der Waals surface area contributed by atoms with Crippen molar-refractivity contribution in [1.29, 1.82) is 0 Å². The maximum absolute atomic E-state index is 12.7. The van der Waals surface area contributed by atoms with Crippen molar-refractivity contribution in [3.8, 4) is 0 Å². The quantitative estimate of drug-likeness (QED) is 0.150. The van der Waals surface area contributed by atoms with Gasteiger partial charge in [0.15, 0.2) is 0 Å². The Morgan fingerprint density at radius 2 is 1.89 bits per heavy atom. The molecule has 8 nitrogen and oxygen atoms in total. The number of aliphatic hydroxyl groups excluding tert-OH is 1. The van der Waals surface area contributed by atoms with Crippen LogP contribution >= 0.6 is 0 Å². The van der Waals surface area contributed by atoms with E-state index in [0.29, 0.717) is 19.3 Å². The highest BCUT2D eigenvalue weighted by atomic mass is 16.6. The molecule has 0 aliphatic carbocycles. The molecule has 1 amide bonds.